The molecule has 0 bridgehead atoms. The molecule has 5 heteroatoms. The van der Waals surface area contributed by atoms with Crippen molar-refractivity contribution in [3.8, 4) is 5.75 Å². The zero-order chi connectivity index (χ0) is 14.1. The molecule has 0 spiro atoms. The van der Waals surface area contributed by atoms with Crippen molar-refractivity contribution in [2.45, 2.75) is 18.8 Å². The molecule has 0 saturated carbocycles. The molecule has 20 heavy (non-hydrogen) atoms. The summed E-state index contributed by atoms with van der Waals surface area (Å²) in [5, 5.41) is 4.08. The summed E-state index contributed by atoms with van der Waals surface area (Å²) in [5.74, 6) is 1.66. The lowest BCUT2D eigenvalue weighted by Crippen LogP contribution is -2.05. The van der Waals surface area contributed by atoms with Gasteiger partial charge in [0, 0.05) is 0 Å². The Balaban J connectivity index is 2.19. The highest BCUT2D eigenvalue weighted by Gasteiger charge is 2.17. The average molecular weight is 307 g/mol. The molecular weight excluding hydrogens is 292 g/mol. The molecule has 0 saturated heterocycles. The molecule has 1 atom stereocenters. The summed E-state index contributed by atoms with van der Waals surface area (Å²) in [6.45, 7) is 2.72. The number of fused-ring (bicyclic) bond motifs is 1. The number of thiophene rings is 1. The number of alkyl halides is 1. The number of benzene rings is 1. The van der Waals surface area contributed by atoms with Crippen LogP contribution in [-0.4, -0.2) is 16.7 Å². The van der Waals surface area contributed by atoms with Crippen LogP contribution in [0.1, 0.15) is 23.7 Å². The Morgan fingerprint density at radius 1 is 1.40 bits per heavy atom. The van der Waals surface area contributed by atoms with E-state index in [0.717, 1.165) is 29.2 Å². The standard InChI is InChI=1S/C15H15ClN2OS/c1-10(16)15-17-14-12(4-3-5-13(14)19-2)18(15)8-11-6-7-20-9-11/h3-7,9-10H,8H2,1-2H3. The molecule has 0 radical (unpaired) electrons. The molecule has 0 aliphatic heterocycles. The molecular formula is C15H15ClN2OS. The van der Waals surface area contributed by atoms with Gasteiger partial charge < -0.3 is 9.30 Å². The summed E-state index contributed by atoms with van der Waals surface area (Å²) in [5.41, 5.74) is 3.18. The lowest BCUT2D eigenvalue weighted by molar-refractivity contribution is 0.419. The van der Waals surface area contributed by atoms with Crippen LogP contribution in [0.3, 0.4) is 0 Å². The number of methoxy groups -OCH3 is 1. The van der Waals surface area contributed by atoms with Crippen molar-refractivity contribution >= 4 is 34.0 Å². The van der Waals surface area contributed by atoms with E-state index in [4.69, 9.17) is 16.3 Å². The Morgan fingerprint density at radius 3 is 2.90 bits per heavy atom. The van der Waals surface area contributed by atoms with Crippen LogP contribution in [0.4, 0.5) is 0 Å². The molecule has 0 fully saturated rings. The number of imidazole rings is 1. The topological polar surface area (TPSA) is 27.1 Å². The molecule has 1 unspecified atom stereocenters. The van der Waals surface area contributed by atoms with E-state index in [9.17, 15) is 0 Å². The number of para-hydroxylation sites is 1. The summed E-state index contributed by atoms with van der Waals surface area (Å²) >= 11 is 7.99. The molecule has 104 valence electrons. The fourth-order valence-electron chi connectivity index (χ4n) is 2.34. The second kappa shape index (κ2) is 5.46. The molecule has 0 aliphatic carbocycles. The Hall–Kier alpha value is -1.52. The summed E-state index contributed by atoms with van der Waals surface area (Å²) in [6.07, 6.45) is 0. The van der Waals surface area contributed by atoms with E-state index < -0.39 is 0 Å². The number of ether oxygens (including phenoxy) is 1. The average Bonchev–Trinajstić information content (AvgIpc) is 3.07. The largest absolute Gasteiger partial charge is 0.494 e. The van der Waals surface area contributed by atoms with Crippen LogP contribution in [0.5, 0.6) is 5.75 Å². The monoisotopic (exact) mass is 306 g/mol. The Morgan fingerprint density at radius 2 is 2.25 bits per heavy atom. The Bertz CT molecular complexity index is 719. The van der Waals surface area contributed by atoms with Crippen molar-refractivity contribution in [2.75, 3.05) is 7.11 Å². The zero-order valence-corrected chi connectivity index (χ0v) is 12.9. The Kier molecular flexibility index (Phi) is 3.68. The molecule has 0 amide bonds. The van der Waals surface area contributed by atoms with Crippen LogP contribution >= 0.6 is 22.9 Å². The molecule has 3 aromatic rings. The van der Waals surface area contributed by atoms with E-state index >= 15 is 0 Å². The van der Waals surface area contributed by atoms with Crippen molar-refractivity contribution < 1.29 is 4.74 Å². The van der Waals surface area contributed by atoms with Gasteiger partial charge in [0.05, 0.1) is 24.5 Å². The molecule has 1 aromatic carbocycles. The predicted octanol–water partition coefficient (Wildman–Crippen LogP) is 4.45. The lowest BCUT2D eigenvalue weighted by Gasteiger charge is -2.09. The van der Waals surface area contributed by atoms with Crippen molar-refractivity contribution in [3.63, 3.8) is 0 Å². The van der Waals surface area contributed by atoms with Gasteiger partial charge in [-0.3, -0.25) is 0 Å². The van der Waals surface area contributed by atoms with Gasteiger partial charge in [-0.15, -0.1) is 11.6 Å². The number of nitrogens with zero attached hydrogens (tertiary/aromatic N) is 2. The van der Waals surface area contributed by atoms with Crippen LogP contribution in [0.25, 0.3) is 11.0 Å². The molecule has 2 aromatic heterocycles. The number of hydrogen-bond donors (Lipinski definition) is 0. The third kappa shape index (κ3) is 2.30. The van der Waals surface area contributed by atoms with Gasteiger partial charge in [0.15, 0.2) is 0 Å². The van der Waals surface area contributed by atoms with Gasteiger partial charge in [-0.2, -0.15) is 11.3 Å². The van der Waals surface area contributed by atoms with E-state index in [1.165, 1.54) is 5.56 Å². The van der Waals surface area contributed by atoms with Crippen LogP contribution in [0.15, 0.2) is 35.0 Å². The smallest absolute Gasteiger partial charge is 0.146 e. The quantitative estimate of drug-likeness (QED) is 0.666. The first-order valence-electron chi connectivity index (χ1n) is 6.39. The highest BCUT2D eigenvalue weighted by atomic mass is 35.5. The maximum atomic E-state index is 6.29. The zero-order valence-electron chi connectivity index (χ0n) is 11.3. The van der Waals surface area contributed by atoms with Gasteiger partial charge >= 0.3 is 0 Å². The van der Waals surface area contributed by atoms with E-state index in [-0.39, 0.29) is 5.38 Å². The predicted molar refractivity (Wildman–Crippen MR) is 84.0 cm³/mol. The number of halogens is 1. The molecule has 0 aliphatic rings. The van der Waals surface area contributed by atoms with E-state index in [1.54, 1.807) is 18.4 Å². The maximum Gasteiger partial charge on any atom is 0.146 e. The highest BCUT2D eigenvalue weighted by Crippen LogP contribution is 2.30. The Labute approximate surface area is 126 Å². The van der Waals surface area contributed by atoms with Crippen LogP contribution < -0.4 is 4.74 Å². The normalized spacial score (nSPS) is 12.8. The minimum Gasteiger partial charge on any atom is -0.494 e. The van der Waals surface area contributed by atoms with Gasteiger partial charge in [0.25, 0.3) is 0 Å². The highest BCUT2D eigenvalue weighted by molar-refractivity contribution is 7.07. The van der Waals surface area contributed by atoms with Gasteiger partial charge in [0.1, 0.15) is 17.1 Å². The van der Waals surface area contributed by atoms with Crippen molar-refractivity contribution in [1.29, 1.82) is 0 Å². The minimum atomic E-state index is -0.147. The molecule has 2 heterocycles. The third-order valence-electron chi connectivity index (χ3n) is 3.27. The second-order valence-corrected chi connectivity index (χ2v) is 6.07. The van der Waals surface area contributed by atoms with E-state index in [2.05, 4.69) is 32.4 Å². The number of aromatic nitrogens is 2. The summed E-state index contributed by atoms with van der Waals surface area (Å²) in [4.78, 5) is 4.67. The van der Waals surface area contributed by atoms with Gasteiger partial charge in [-0.25, -0.2) is 4.98 Å². The minimum absolute atomic E-state index is 0.147. The first kappa shape index (κ1) is 13.5. The number of rotatable bonds is 4. The van der Waals surface area contributed by atoms with Crippen LogP contribution in [-0.2, 0) is 6.54 Å². The summed E-state index contributed by atoms with van der Waals surface area (Å²) < 4.78 is 7.56. The van der Waals surface area contributed by atoms with Crippen LogP contribution in [0.2, 0.25) is 0 Å². The maximum absolute atomic E-state index is 6.29. The molecule has 3 rings (SSSR count). The molecule has 0 N–H and O–H groups in total. The van der Waals surface area contributed by atoms with Crippen molar-refractivity contribution in [3.05, 3.63) is 46.4 Å². The third-order valence-corrected chi connectivity index (χ3v) is 4.20. The second-order valence-electron chi connectivity index (χ2n) is 4.63. The SMILES string of the molecule is COc1cccc2c1nc(C(C)Cl)n2Cc1ccsc1. The van der Waals surface area contributed by atoms with E-state index in [0.29, 0.717) is 0 Å². The first-order valence-corrected chi connectivity index (χ1v) is 7.77. The summed E-state index contributed by atoms with van der Waals surface area (Å²) in [6, 6.07) is 8.09. The first-order chi connectivity index (χ1) is 9.70. The van der Waals surface area contributed by atoms with Crippen LogP contribution in [0, 0.1) is 0 Å². The summed E-state index contributed by atoms with van der Waals surface area (Å²) in [7, 11) is 1.66. The van der Waals surface area contributed by atoms with Gasteiger partial charge in [0.2, 0.25) is 0 Å². The van der Waals surface area contributed by atoms with E-state index in [1.807, 2.05) is 19.1 Å². The fraction of sp³-hybridized carbons (Fsp3) is 0.267. The van der Waals surface area contributed by atoms with Crippen molar-refractivity contribution in [1.82, 2.24) is 9.55 Å². The fourth-order valence-corrected chi connectivity index (χ4v) is 3.17. The van der Waals surface area contributed by atoms with Gasteiger partial charge in [-0.1, -0.05) is 6.07 Å². The number of hydrogen-bond acceptors (Lipinski definition) is 3. The van der Waals surface area contributed by atoms with Gasteiger partial charge in [-0.05, 0) is 41.4 Å². The molecule has 3 nitrogen and oxygen atoms in total. The van der Waals surface area contributed by atoms with Crippen molar-refractivity contribution in [2.24, 2.45) is 0 Å². The lowest BCUT2D eigenvalue weighted by atomic mass is 10.2.